The molecule has 136 valence electrons. The van der Waals surface area contributed by atoms with Gasteiger partial charge < -0.3 is 0 Å². The third kappa shape index (κ3) is 3.09. The van der Waals surface area contributed by atoms with Gasteiger partial charge in [-0.25, -0.2) is 9.67 Å². The van der Waals surface area contributed by atoms with E-state index in [1.165, 1.54) is 11.3 Å². The minimum Gasteiger partial charge on any atom is -0.296 e. The van der Waals surface area contributed by atoms with Crippen LogP contribution >= 0.6 is 11.3 Å². The molecule has 0 atom stereocenters. The van der Waals surface area contributed by atoms with E-state index < -0.39 is 0 Å². The van der Waals surface area contributed by atoms with E-state index in [0.717, 1.165) is 34.6 Å². The van der Waals surface area contributed by atoms with Gasteiger partial charge in [0.25, 0.3) is 5.91 Å². The summed E-state index contributed by atoms with van der Waals surface area (Å²) in [6.07, 6.45) is 3.99. The first kappa shape index (κ1) is 17.1. The Morgan fingerprint density at radius 3 is 2.65 bits per heavy atom. The van der Waals surface area contributed by atoms with Crippen molar-refractivity contribution in [3.05, 3.63) is 28.5 Å². The summed E-state index contributed by atoms with van der Waals surface area (Å²) in [5.41, 5.74) is 2.35. The summed E-state index contributed by atoms with van der Waals surface area (Å²) < 4.78 is 1.87. The summed E-state index contributed by atoms with van der Waals surface area (Å²) in [6.45, 7) is 8.24. The average Bonchev–Trinajstić information content (AvgIpc) is 3.18. The van der Waals surface area contributed by atoms with Gasteiger partial charge in [0.15, 0.2) is 5.65 Å². The highest BCUT2D eigenvalue weighted by Gasteiger charge is 2.28. The van der Waals surface area contributed by atoms with E-state index in [1.807, 2.05) is 10.7 Å². The van der Waals surface area contributed by atoms with Gasteiger partial charge in [-0.15, -0.1) is 10.2 Å². The summed E-state index contributed by atoms with van der Waals surface area (Å²) in [6, 6.07) is 2.09. The molecule has 4 rings (SSSR count). The fourth-order valence-corrected chi connectivity index (χ4v) is 3.62. The number of nitrogens with zero attached hydrogens (tertiary/aromatic N) is 5. The Morgan fingerprint density at radius 1 is 1.27 bits per heavy atom. The molecule has 1 amide bonds. The summed E-state index contributed by atoms with van der Waals surface area (Å²) >= 11 is 1.41. The Labute approximate surface area is 155 Å². The highest BCUT2D eigenvalue weighted by atomic mass is 32.1. The number of aromatic nitrogens is 5. The maximum absolute atomic E-state index is 12.9. The topological polar surface area (TPSA) is 85.6 Å². The molecule has 8 heteroatoms. The SMILES string of the molecule is CC(C)c1nnc(NC(=O)c2cc(C3CC3)nc3c2cnn3C(C)C)s1. The molecule has 26 heavy (non-hydrogen) atoms. The number of pyridine rings is 1. The second-order valence-electron chi connectivity index (χ2n) is 7.34. The van der Waals surface area contributed by atoms with Gasteiger partial charge in [-0.2, -0.15) is 5.10 Å². The van der Waals surface area contributed by atoms with Gasteiger partial charge in [-0.05, 0) is 32.8 Å². The molecular formula is C18H22N6OS. The molecule has 0 bridgehead atoms. The Hall–Kier alpha value is -2.35. The van der Waals surface area contributed by atoms with Crippen LogP contribution in [-0.2, 0) is 0 Å². The molecule has 0 unspecified atom stereocenters. The van der Waals surface area contributed by atoms with Crippen molar-refractivity contribution in [3.8, 4) is 0 Å². The number of carbonyl (C=O) groups excluding carboxylic acids is 1. The van der Waals surface area contributed by atoms with Crippen molar-refractivity contribution in [1.82, 2.24) is 25.0 Å². The van der Waals surface area contributed by atoms with Gasteiger partial charge in [-0.3, -0.25) is 10.1 Å². The van der Waals surface area contributed by atoms with E-state index in [1.54, 1.807) is 6.20 Å². The standard InChI is InChI=1S/C18H22N6OS/c1-9(2)17-22-23-18(26-17)21-16(25)12-7-14(11-5-6-11)20-15-13(12)8-19-24(15)10(3)4/h7-11H,5-6H2,1-4H3,(H,21,23,25). The highest BCUT2D eigenvalue weighted by Crippen LogP contribution is 2.40. The minimum atomic E-state index is -0.186. The lowest BCUT2D eigenvalue weighted by Crippen LogP contribution is -2.13. The van der Waals surface area contributed by atoms with Crippen molar-refractivity contribution in [2.45, 2.75) is 58.4 Å². The van der Waals surface area contributed by atoms with Gasteiger partial charge in [0.05, 0.1) is 17.1 Å². The number of amides is 1. The van der Waals surface area contributed by atoms with Crippen LogP contribution in [0, 0.1) is 0 Å². The molecule has 0 spiro atoms. The minimum absolute atomic E-state index is 0.183. The number of nitrogens with one attached hydrogen (secondary N) is 1. The first-order valence-electron chi connectivity index (χ1n) is 8.97. The molecule has 0 aliphatic heterocycles. The van der Waals surface area contributed by atoms with E-state index in [-0.39, 0.29) is 17.9 Å². The Balaban J connectivity index is 1.73. The maximum atomic E-state index is 12.9. The van der Waals surface area contributed by atoms with Crippen molar-refractivity contribution in [2.75, 3.05) is 5.32 Å². The van der Waals surface area contributed by atoms with Crippen molar-refractivity contribution < 1.29 is 4.79 Å². The van der Waals surface area contributed by atoms with E-state index >= 15 is 0 Å². The lowest BCUT2D eigenvalue weighted by molar-refractivity contribution is 0.102. The monoisotopic (exact) mass is 370 g/mol. The van der Waals surface area contributed by atoms with Crippen LogP contribution in [0.4, 0.5) is 5.13 Å². The van der Waals surface area contributed by atoms with Gasteiger partial charge >= 0.3 is 0 Å². The van der Waals surface area contributed by atoms with Crippen LogP contribution in [0.3, 0.4) is 0 Å². The Morgan fingerprint density at radius 2 is 2.04 bits per heavy atom. The number of hydrogen-bond donors (Lipinski definition) is 1. The fraction of sp³-hybridized carbons (Fsp3) is 0.500. The fourth-order valence-electron chi connectivity index (χ4n) is 2.87. The normalized spacial score (nSPS) is 14.5. The van der Waals surface area contributed by atoms with E-state index in [2.05, 4.69) is 48.3 Å². The van der Waals surface area contributed by atoms with Crippen LogP contribution in [0.1, 0.15) is 79.5 Å². The van der Waals surface area contributed by atoms with Crippen molar-refractivity contribution in [2.24, 2.45) is 0 Å². The van der Waals surface area contributed by atoms with Gasteiger partial charge in [-0.1, -0.05) is 25.2 Å². The second-order valence-corrected chi connectivity index (χ2v) is 8.35. The maximum Gasteiger partial charge on any atom is 0.258 e. The molecule has 7 nitrogen and oxygen atoms in total. The molecule has 1 aliphatic rings. The van der Waals surface area contributed by atoms with Crippen LogP contribution in [0.2, 0.25) is 0 Å². The molecule has 0 aromatic carbocycles. The highest BCUT2D eigenvalue weighted by molar-refractivity contribution is 7.15. The van der Waals surface area contributed by atoms with Gasteiger partial charge in [0.1, 0.15) is 5.01 Å². The van der Waals surface area contributed by atoms with Crippen molar-refractivity contribution >= 4 is 33.4 Å². The lowest BCUT2D eigenvalue weighted by atomic mass is 10.1. The average molecular weight is 370 g/mol. The summed E-state index contributed by atoms with van der Waals surface area (Å²) in [5.74, 6) is 0.557. The number of fused-ring (bicyclic) bond motifs is 1. The van der Waals surface area contributed by atoms with Gasteiger partial charge in [0, 0.05) is 23.6 Å². The molecule has 1 N–H and O–H groups in total. The largest absolute Gasteiger partial charge is 0.296 e. The van der Waals surface area contributed by atoms with E-state index in [0.29, 0.717) is 16.6 Å². The van der Waals surface area contributed by atoms with E-state index in [9.17, 15) is 4.79 Å². The second kappa shape index (κ2) is 6.42. The van der Waals surface area contributed by atoms with Crippen LogP contribution in [-0.4, -0.2) is 30.9 Å². The third-order valence-corrected chi connectivity index (χ3v) is 5.61. The molecule has 0 saturated heterocycles. The molecule has 1 fully saturated rings. The first-order valence-corrected chi connectivity index (χ1v) is 9.78. The predicted octanol–water partition coefficient (Wildman–Crippen LogP) is 4.12. The number of hydrogen-bond acceptors (Lipinski definition) is 6. The quantitative estimate of drug-likeness (QED) is 0.730. The van der Waals surface area contributed by atoms with Crippen molar-refractivity contribution in [3.63, 3.8) is 0 Å². The zero-order chi connectivity index (χ0) is 18.4. The van der Waals surface area contributed by atoms with Crippen molar-refractivity contribution in [1.29, 1.82) is 0 Å². The summed E-state index contributed by atoms with van der Waals surface area (Å²) in [4.78, 5) is 17.7. The smallest absolute Gasteiger partial charge is 0.258 e. The molecule has 3 aromatic heterocycles. The zero-order valence-electron chi connectivity index (χ0n) is 15.4. The van der Waals surface area contributed by atoms with Crippen LogP contribution in [0.15, 0.2) is 12.3 Å². The molecule has 0 radical (unpaired) electrons. The first-order chi connectivity index (χ1) is 12.4. The molecule has 1 saturated carbocycles. The van der Waals surface area contributed by atoms with Crippen LogP contribution in [0.25, 0.3) is 11.0 Å². The molecule has 3 heterocycles. The van der Waals surface area contributed by atoms with Crippen LogP contribution < -0.4 is 5.32 Å². The van der Waals surface area contributed by atoms with Gasteiger partial charge in [0.2, 0.25) is 5.13 Å². The zero-order valence-corrected chi connectivity index (χ0v) is 16.2. The number of anilines is 1. The molecular weight excluding hydrogens is 348 g/mol. The lowest BCUT2D eigenvalue weighted by Gasteiger charge is -2.10. The molecule has 1 aliphatic carbocycles. The van der Waals surface area contributed by atoms with Crippen LogP contribution in [0.5, 0.6) is 0 Å². The Bertz CT molecular complexity index is 969. The number of carbonyl (C=O) groups is 1. The predicted molar refractivity (Wildman–Crippen MR) is 102 cm³/mol. The third-order valence-electron chi connectivity index (χ3n) is 4.47. The molecule has 3 aromatic rings. The van der Waals surface area contributed by atoms with E-state index in [4.69, 9.17) is 4.98 Å². The summed E-state index contributed by atoms with van der Waals surface area (Å²) in [7, 11) is 0. The number of rotatable bonds is 5. The Kier molecular flexibility index (Phi) is 4.22. The summed E-state index contributed by atoms with van der Waals surface area (Å²) in [5, 5.41) is 17.8.